The van der Waals surface area contributed by atoms with E-state index < -0.39 is 5.60 Å². The molecule has 2 aromatic rings. The van der Waals surface area contributed by atoms with Gasteiger partial charge in [0.25, 0.3) is 0 Å². The zero-order valence-corrected chi connectivity index (χ0v) is 17.9. The Morgan fingerprint density at radius 2 is 1.73 bits per heavy atom. The quantitative estimate of drug-likeness (QED) is 0.645. The summed E-state index contributed by atoms with van der Waals surface area (Å²) in [5, 5.41) is 8.98. The molecule has 0 unspecified atom stereocenters. The maximum Gasteiger partial charge on any atom is 0.410 e. The average Bonchev–Trinajstić information content (AvgIpc) is 2.73. The first-order valence-electron chi connectivity index (χ1n) is 10.6. The highest BCUT2D eigenvalue weighted by Crippen LogP contribution is 2.41. The first-order valence-corrected chi connectivity index (χ1v) is 10.6. The molecule has 1 spiro atoms. The van der Waals surface area contributed by atoms with E-state index in [0.717, 1.165) is 42.6 Å². The molecule has 1 amide bonds. The summed E-state index contributed by atoms with van der Waals surface area (Å²) in [6.45, 7) is 7.00. The lowest BCUT2D eigenvalue weighted by Gasteiger charge is -2.44. The van der Waals surface area contributed by atoms with E-state index in [1.54, 1.807) is 4.90 Å². The van der Waals surface area contributed by atoms with Crippen LogP contribution in [0, 0.1) is 11.3 Å². The zero-order valence-electron chi connectivity index (χ0n) is 17.9. The van der Waals surface area contributed by atoms with Crippen LogP contribution in [0.25, 0.3) is 11.1 Å². The van der Waals surface area contributed by atoms with Gasteiger partial charge in [-0.25, -0.2) is 4.79 Å². The normalized spacial score (nSPS) is 17.6. The van der Waals surface area contributed by atoms with Crippen molar-refractivity contribution in [3.63, 3.8) is 0 Å². The van der Waals surface area contributed by atoms with Crippen LogP contribution in [0.3, 0.4) is 0 Å². The number of hydrogen-bond acceptors (Lipinski definition) is 4. The molecule has 1 saturated heterocycles. The number of piperidine rings is 1. The second-order valence-corrected chi connectivity index (χ2v) is 9.26. The van der Waals surface area contributed by atoms with Crippen LogP contribution in [-0.4, -0.2) is 35.3 Å². The predicted octanol–water partition coefficient (Wildman–Crippen LogP) is 5.32. The molecule has 2 heterocycles. The van der Waals surface area contributed by atoms with Gasteiger partial charge >= 0.3 is 6.09 Å². The van der Waals surface area contributed by atoms with Crippen molar-refractivity contribution in [2.24, 2.45) is 0 Å². The zero-order chi connectivity index (χ0) is 21.4. The standard InChI is InChI=1S/C25H28N2O3/c1-24(2,3)30-23(28)27-14-12-25(13-15-27)11-10-21-16-20(8-9-22(21)29-25)19-6-4-18(17-26)5-7-19/h4-9,16H,10-15H2,1-3H3. The molecule has 156 valence electrons. The monoisotopic (exact) mass is 404 g/mol. The van der Waals surface area contributed by atoms with Crippen molar-refractivity contribution in [2.45, 2.75) is 57.7 Å². The van der Waals surface area contributed by atoms with Crippen LogP contribution in [-0.2, 0) is 11.2 Å². The SMILES string of the molecule is CC(C)(C)OC(=O)N1CCC2(CCc3cc(-c4ccc(C#N)cc4)ccc3O2)CC1. The maximum atomic E-state index is 12.3. The number of aryl methyl sites for hydroxylation is 1. The Morgan fingerprint density at radius 1 is 1.07 bits per heavy atom. The summed E-state index contributed by atoms with van der Waals surface area (Å²) in [6.07, 6.45) is 3.33. The predicted molar refractivity (Wildman–Crippen MR) is 115 cm³/mol. The highest BCUT2D eigenvalue weighted by molar-refractivity contribution is 5.68. The van der Waals surface area contributed by atoms with Crippen LogP contribution in [0.2, 0.25) is 0 Å². The van der Waals surface area contributed by atoms with Gasteiger partial charge in [0.2, 0.25) is 0 Å². The number of carbonyl (C=O) groups excluding carboxylic acids is 1. The van der Waals surface area contributed by atoms with Crippen molar-refractivity contribution in [1.29, 1.82) is 5.26 Å². The van der Waals surface area contributed by atoms with Gasteiger partial charge in [0.15, 0.2) is 0 Å². The molecule has 30 heavy (non-hydrogen) atoms. The molecule has 0 bridgehead atoms. The number of nitrogens with zero attached hydrogens (tertiary/aromatic N) is 2. The topological polar surface area (TPSA) is 62.6 Å². The summed E-state index contributed by atoms with van der Waals surface area (Å²) in [4.78, 5) is 14.1. The Bertz CT molecular complexity index is 975. The van der Waals surface area contributed by atoms with Crippen molar-refractivity contribution in [1.82, 2.24) is 4.90 Å². The lowest BCUT2D eigenvalue weighted by atomic mass is 9.82. The molecule has 5 heteroatoms. The molecule has 0 aromatic heterocycles. The Labute approximate surface area is 178 Å². The number of hydrogen-bond donors (Lipinski definition) is 0. The minimum Gasteiger partial charge on any atom is -0.487 e. The van der Waals surface area contributed by atoms with Gasteiger partial charge in [0.05, 0.1) is 11.6 Å². The van der Waals surface area contributed by atoms with Crippen molar-refractivity contribution in [2.75, 3.05) is 13.1 Å². The second-order valence-electron chi connectivity index (χ2n) is 9.26. The van der Waals surface area contributed by atoms with Gasteiger partial charge in [-0.1, -0.05) is 18.2 Å². The third-order valence-electron chi connectivity index (χ3n) is 5.91. The number of carbonyl (C=O) groups is 1. The fourth-order valence-corrected chi connectivity index (χ4v) is 4.21. The molecule has 2 aliphatic rings. The van der Waals surface area contributed by atoms with Gasteiger partial charge < -0.3 is 14.4 Å². The van der Waals surface area contributed by atoms with Crippen molar-refractivity contribution in [3.05, 3.63) is 53.6 Å². The Kier molecular flexibility index (Phi) is 5.19. The molecule has 2 aliphatic heterocycles. The van der Waals surface area contributed by atoms with E-state index in [0.29, 0.717) is 18.7 Å². The summed E-state index contributed by atoms with van der Waals surface area (Å²) in [7, 11) is 0. The molecule has 5 nitrogen and oxygen atoms in total. The van der Waals surface area contributed by atoms with Crippen LogP contribution in [0.4, 0.5) is 4.79 Å². The number of likely N-dealkylation sites (tertiary alicyclic amines) is 1. The molecular weight excluding hydrogens is 376 g/mol. The summed E-state index contributed by atoms with van der Waals surface area (Å²) < 4.78 is 12.0. The molecule has 0 aliphatic carbocycles. The van der Waals surface area contributed by atoms with Gasteiger partial charge in [-0.15, -0.1) is 0 Å². The van der Waals surface area contributed by atoms with Gasteiger partial charge in [-0.05, 0) is 74.6 Å². The fourth-order valence-electron chi connectivity index (χ4n) is 4.21. The van der Waals surface area contributed by atoms with E-state index in [2.05, 4.69) is 24.3 Å². The Balaban J connectivity index is 1.43. The van der Waals surface area contributed by atoms with Crippen molar-refractivity contribution >= 4 is 6.09 Å². The number of benzene rings is 2. The largest absolute Gasteiger partial charge is 0.487 e. The molecule has 4 rings (SSSR count). The molecule has 0 saturated carbocycles. The molecule has 0 atom stereocenters. The third-order valence-corrected chi connectivity index (χ3v) is 5.91. The number of nitriles is 1. The van der Waals surface area contributed by atoms with E-state index in [4.69, 9.17) is 14.7 Å². The molecule has 2 aromatic carbocycles. The number of amides is 1. The van der Waals surface area contributed by atoms with E-state index in [9.17, 15) is 4.79 Å². The lowest BCUT2D eigenvalue weighted by molar-refractivity contribution is -0.0272. The van der Waals surface area contributed by atoms with E-state index >= 15 is 0 Å². The second kappa shape index (κ2) is 7.68. The van der Waals surface area contributed by atoms with Crippen LogP contribution in [0.1, 0.15) is 51.2 Å². The minimum absolute atomic E-state index is 0.193. The highest BCUT2D eigenvalue weighted by Gasteiger charge is 2.41. The van der Waals surface area contributed by atoms with Gasteiger partial charge in [0, 0.05) is 25.9 Å². The number of fused-ring (bicyclic) bond motifs is 1. The average molecular weight is 405 g/mol. The van der Waals surface area contributed by atoms with E-state index in [1.807, 2.05) is 45.0 Å². The van der Waals surface area contributed by atoms with Crippen LogP contribution >= 0.6 is 0 Å². The Hall–Kier alpha value is -3.00. The maximum absolute atomic E-state index is 12.3. The number of rotatable bonds is 1. The summed E-state index contributed by atoms with van der Waals surface area (Å²) in [6, 6.07) is 16.1. The summed E-state index contributed by atoms with van der Waals surface area (Å²) >= 11 is 0. The summed E-state index contributed by atoms with van der Waals surface area (Å²) in [5.74, 6) is 0.948. The van der Waals surface area contributed by atoms with E-state index in [-0.39, 0.29) is 11.7 Å². The first kappa shape index (κ1) is 20.3. The molecule has 0 radical (unpaired) electrons. The van der Waals surface area contributed by atoms with Gasteiger partial charge in [-0.3, -0.25) is 0 Å². The minimum atomic E-state index is -0.473. The number of ether oxygens (including phenoxy) is 2. The van der Waals surface area contributed by atoms with Gasteiger partial charge in [-0.2, -0.15) is 5.26 Å². The lowest BCUT2D eigenvalue weighted by Crippen LogP contribution is -2.52. The fraction of sp³-hybridized carbons (Fsp3) is 0.440. The first-order chi connectivity index (χ1) is 14.3. The molecule has 1 fully saturated rings. The van der Waals surface area contributed by atoms with Gasteiger partial charge in [0.1, 0.15) is 17.0 Å². The van der Waals surface area contributed by atoms with Crippen LogP contribution in [0.5, 0.6) is 5.75 Å². The third kappa shape index (κ3) is 4.28. The smallest absolute Gasteiger partial charge is 0.410 e. The van der Waals surface area contributed by atoms with Crippen molar-refractivity contribution < 1.29 is 14.3 Å². The van der Waals surface area contributed by atoms with Crippen LogP contribution < -0.4 is 4.74 Å². The Morgan fingerprint density at radius 3 is 2.37 bits per heavy atom. The summed E-state index contributed by atoms with van der Waals surface area (Å²) in [5.41, 5.74) is 3.46. The molecular formula is C25H28N2O3. The highest BCUT2D eigenvalue weighted by atomic mass is 16.6. The van der Waals surface area contributed by atoms with Crippen LogP contribution in [0.15, 0.2) is 42.5 Å². The van der Waals surface area contributed by atoms with E-state index in [1.165, 1.54) is 5.56 Å². The molecule has 0 N–H and O–H groups in total. The van der Waals surface area contributed by atoms with Crippen molar-refractivity contribution in [3.8, 4) is 22.9 Å².